The maximum Gasteiger partial charge on any atom is 0.130 e. The largest absolute Gasteiger partial charge is 0.487 e. The smallest absolute Gasteiger partial charge is 0.130 e. The van der Waals surface area contributed by atoms with Crippen molar-refractivity contribution in [2.75, 3.05) is 6.54 Å². The Morgan fingerprint density at radius 1 is 1.20 bits per heavy atom. The second kappa shape index (κ2) is 6.86. The number of benzene rings is 1. The number of aromatic nitrogens is 1. The molecule has 2 rings (SSSR count). The molecule has 0 aliphatic rings. The number of halogens is 1. The second-order valence-corrected chi connectivity index (χ2v) is 5.77. The predicted octanol–water partition coefficient (Wildman–Crippen LogP) is 3.54. The number of hydrogen-bond donors (Lipinski definition) is 1. The molecule has 0 radical (unpaired) electrons. The minimum atomic E-state index is 0.477. The SMILES string of the molecule is Cc1cc(CCN)cc(C)c1OCc1ccc(Br)cn1. The summed E-state index contributed by atoms with van der Waals surface area (Å²) in [6, 6.07) is 8.21. The van der Waals surface area contributed by atoms with Gasteiger partial charge in [0.2, 0.25) is 0 Å². The van der Waals surface area contributed by atoms with Crippen LogP contribution in [0.5, 0.6) is 5.75 Å². The first-order valence-electron chi connectivity index (χ1n) is 6.63. The van der Waals surface area contributed by atoms with Crippen molar-refractivity contribution in [3.8, 4) is 5.75 Å². The van der Waals surface area contributed by atoms with Crippen LogP contribution in [0.3, 0.4) is 0 Å². The maximum atomic E-state index is 5.92. The quantitative estimate of drug-likeness (QED) is 0.909. The lowest BCUT2D eigenvalue weighted by atomic mass is 10.0. The van der Waals surface area contributed by atoms with Crippen LogP contribution in [0.4, 0.5) is 0 Å². The van der Waals surface area contributed by atoms with Crippen molar-refractivity contribution in [1.82, 2.24) is 4.98 Å². The Balaban J connectivity index is 2.11. The van der Waals surface area contributed by atoms with Gasteiger partial charge in [0.1, 0.15) is 12.4 Å². The first-order valence-corrected chi connectivity index (χ1v) is 7.43. The average Bonchev–Trinajstić information content (AvgIpc) is 2.40. The monoisotopic (exact) mass is 334 g/mol. The van der Waals surface area contributed by atoms with Crippen LogP contribution >= 0.6 is 15.9 Å². The third kappa shape index (κ3) is 3.81. The fourth-order valence-electron chi connectivity index (χ4n) is 2.22. The molecule has 0 bridgehead atoms. The summed E-state index contributed by atoms with van der Waals surface area (Å²) in [7, 11) is 0. The molecule has 0 amide bonds. The number of ether oxygens (including phenoxy) is 1. The van der Waals surface area contributed by atoms with Gasteiger partial charge in [0, 0.05) is 10.7 Å². The van der Waals surface area contributed by atoms with Crippen LogP contribution < -0.4 is 10.5 Å². The van der Waals surface area contributed by atoms with Gasteiger partial charge in [0.15, 0.2) is 0 Å². The summed E-state index contributed by atoms with van der Waals surface area (Å²) in [6.07, 6.45) is 2.68. The van der Waals surface area contributed by atoms with E-state index in [4.69, 9.17) is 10.5 Å². The van der Waals surface area contributed by atoms with Gasteiger partial charge in [-0.2, -0.15) is 0 Å². The van der Waals surface area contributed by atoms with Crippen LogP contribution in [0.15, 0.2) is 34.9 Å². The molecule has 3 nitrogen and oxygen atoms in total. The van der Waals surface area contributed by atoms with E-state index in [1.807, 2.05) is 12.1 Å². The summed E-state index contributed by atoms with van der Waals surface area (Å²) < 4.78 is 6.89. The number of rotatable bonds is 5. The summed E-state index contributed by atoms with van der Waals surface area (Å²) >= 11 is 3.37. The molecule has 20 heavy (non-hydrogen) atoms. The van der Waals surface area contributed by atoms with Gasteiger partial charge in [-0.3, -0.25) is 4.98 Å². The highest BCUT2D eigenvalue weighted by atomic mass is 79.9. The van der Waals surface area contributed by atoms with Crippen LogP contribution in [0, 0.1) is 13.8 Å². The first kappa shape index (κ1) is 15.0. The Bertz CT molecular complexity index is 559. The highest BCUT2D eigenvalue weighted by molar-refractivity contribution is 9.10. The lowest BCUT2D eigenvalue weighted by Crippen LogP contribution is -2.05. The van der Waals surface area contributed by atoms with Crippen molar-refractivity contribution in [1.29, 1.82) is 0 Å². The molecule has 0 aliphatic carbocycles. The summed E-state index contributed by atoms with van der Waals surface area (Å²) in [5, 5.41) is 0. The number of nitrogens with two attached hydrogens (primary N) is 1. The van der Waals surface area contributed by atoms with Crippen molar-refractivity contribution in [3.05, 3.63) is 57.3 Å². The summed E-state index contributed by atoms with van der Waals surface area (Å²) in [4.78, 5) is 4.31. The van der Waals surface area contributed by atoms with E-state index >= 15 is 0 Å². The first-order chi connectivity index (χ1) is 9.60. The lowest BCUT2D eigenvalue weighted by Gasteiger charge is -2.13. The van der Waals surface area contributed by atoms with Crippen molar-refractivity contribution in [2.45, 2.75) is 26.9 Å². The molecule has 0 unspecified atom stereocenters. The van der Waals surface area contributed by atoms with Crippen LogP contribution in [-0.4, -0.2) is 11.5 Å². The molecule has 4 heteroatoms. The summed E-state index contributed by atoms with van der Waals surface area (Å²) in [5.74, 6) is 0.940. The molecule has 0 aliphatic heterocycles. The van der Waals surface area contributed by atoms with E-state index in [0.29, 0.717) is 13.2 Å². The van der Waals surface area contributed by atoms with E-state index in [1.54, 1.807) is 6.20 Å². The normalized spacial score (nSPS) is 10.6. The molecular weight excluding hydrogens is 316 g/mol. The van der Waals surface area contributed by atoms with Gasteiger partial charge in [-0.15, -0.1) is 0 Å². The average molecular weight is 335 g/mol. The van der Waals surface area contributed by atoms with E-state index in [9.17, 15) is 0 Å². The molecule has 0 saturated heterocycles. The number of pyridine rings is 1. The van der Waals surface area contributed by atoms with E-state index < -0.39 is 0 Å². The zero-order valence-electron chi connectivity index (χ0n) is 11.8. The molecule has 106 valence electrons. The third-order valence-corrected chi connectivity index (χ3v) is 3.58. The van der Waals surface area contributed by atoms with Gasteiger partial charge < -0.3 is 10.5 Å². The Labute approximate surface area is 128 Å². The Hall–Kier alpha value is -1.39. The molecule has 0 saturated carbocycles. The standard InChI is InChI=1S/C16H19BrN2O/c1-11-7-13(5-6-18)8-12(2)16(11)20-10-15-4-3-14(17)9-19-15/h3-4,7-9H,5-6,10,18H2,1-2H3. The Morgan fingerprint density at radius 2 is 1.90 bits per heavy atom. The second-order valence-electron chi connectivity index (χ2n) is 4.85. The van der Waals surface area contributed by atoms with Crippen LogP contribution in [0.2, 0.25) is 0 Å². The molecule has 2 N–H and O–H groups in total. The fourth-order valence-corrected chi connectivity index (χ4v) is 2.45. The van der Waals surface area contributed by atoms with Crippen LogP contribution in [0.25, 0.3) is 0 Å². The maximum absolute atomic E-state index is 5.92. The van der Waals surface area contributed by atoms with Gasteiger partial charge in [-0.1, -0.05) is 12.1 Å². The van der Waals surface area contributed by atoms with E-state index in [0.717, 1.165) is 33.5 Å². The topological polar surface area (TPSA) is 48.1 Å². The molecule has 0 fully saturated rings. The Kier molecular flexibility index (Phi) is 5.15. The van der Waals surface area contributed by atoms with E-state index in [2.05, 4.69) is 46.9 Å². The highest BCUT2D eigenvalue weighted by Crippen LogP contribution is 2.25. The minimum Gasteiger partial charge on any atom is -0.487 e. The van der Waals surface area contributed by atoms with Gasteiger partial charge in [-0.05, 0) is 71.6 Å². The van der Waals surface area contributed by atoms with Crippen molar-refractivity contribution in [3.63, 3.8) is 0 Å². The summed E-state index contributed by atoms with van der Waals surface area (Å²) in [6.45, 7) is 5.28. The molecule has 0 atom stereocenters. The minimum absolute atomic E-state index is 0.477. The molecule has 2 aromatic rings. The number of aryl methyl sites for hydroxylation is 2. The molecule has 1 aromatic carbocycles. The van der Waals surface area contributed by atoms with Crippen LogP contribution in [-0.2, 0) is 13.0 Å². The Morgan fingerprint density at radius 3 is 2.45 bits per heavy atom. The number of hydrogen-bond acceptors (Lipinski definition) is 3. The van der Waals surface area contributed by atoms with Gasteiger partial charge >= 0.3 is 0 Å². The van der Waals surface area contributed by atoms with Gasteiger partial charge in [0.25, 0.3) is 0 Å². The van der Waals surface area contributed by atoms with Crippen molar-refractivity contribution in [2.24, 2.45) is 5.73 Å². The molecule has 1 aromatic heterocycles. The predicted molar refractivity (Wildman–Crippen MR) is 84.9 cm³/mol. The fraction of sp³-hybridized carbons (Fsp3) is 0.312. The van der Waals surface area contributed by atoms with Gasteiger partial charge in [-0.25, -0.2) is 0 Å². The van der Waals surface area contributed by atoms with E-state index in [1.165, 1.54) is 5.56 Å². The number of nitrogens with zero attached hydrogens (tertiary/aromatic N) is 1. The van der Waals surface area contributed by atoms with Crippen LogP contribution in [0.1, 0.15) is 22.4 Å². The molecular formula is C16H19BrN2O. The van der Waals surface area contributed by atoms with Crippen molar-refractivity contribution >= 4 is 15.9 Å². The zero-order valence-corrected chi connectivity index (χ0v) is 13.4. The van der Waals surface area contributed by atoms with E-state index in [-0.39, 0.29) is 0 Å². The zero-order chi connectivity index (χ0) is 14.5. The third-order valence-electron chi connectivity index (χ3n) is 3.11. The van der Waals surface area contributed by atoms with Crippen molar-refractivity contribution < 1.29 is 4.74 Å². The molecule has 0 spiro atoms. The molecule has 1 heterocycles. The lowest BCUT2D eigenvalue weighted by molar-refractivity contribution is 0.297. The van der Waals surface area contributed by atoms with Gasteiger partial charge in [0.05, 0.1) is 5.69 Å². The summed E-state index contributed by atoms with van der Waals surface area (Å²) in [5.41, 5.74) is 10.1. The highest BCUT2D eigenvalue weighted by Gasteiger charge is 2.07.